The Morgan fingerprint density at radius 3 is 2.24 bits per heavy atom. The third-order valence-corrected chi connectivity index (χ3v) is 4.06. The zero-order valence-electron chi connectivity index (χ0n) is 15.9. The van der Waals surface area contributed by atoms with Crippen molar-refractivity contribution in [3.05, 3.63) is 29.3 Å². The molecule has 0 unspecified atom stereocenters. The molecular weight excluding hydrogens is 318 g/mol. The zero-order valence-corrected chi connectivity index (χ0v) is 15.9. The van der Waals surface area contributed by atoms with E-state index in [1.165, 1.54) is 4.90 Å². The maximum atomic E-state index is 13.0. The molecule has 6 nitrogen and oxygen atoms in total. The molecule has 2 amide bonds. The molecule has 0 aliphatic carbocycles. The zero-order chi connectivity index (χ0) is 18.6. The van der Waals surface area contributed by atoms with Crippen molar-refractivity contribution in [2.75, 3.05) is 37.6 Å². The summed E-state index contributed by atoms with van der Waals surface area (Å²) in [4.78, 5) is 29.1. The minimum absolute atomic E-state index is 0.203. The number of carbonyl (C=O) groups excluding carboxylic acids is 2. The smallest absolute Gasteiger partial charge is 0.421 e. The maximum absolute atomic E-state index is 13.0. The molecule has 1 N–H and O–H groups in total. The van der Waals surface area contributed by atoms with Crippen molar-refractivity contribution in [2.45, 2.75) is 40.2 Å². The van der Waals surface area contributed by atoms with E-state index in [9.17, 15) is 9.59 Å². The maximum Gasteiger partial charge on any atom is 0.421 e. The summed E-state index contributed by atoms with van der Waals surface area (Å²) in [6.45, 7) is 12.7. The summed E-state index contributed by atoms with van der Waals surface area (Å²) in [5.41, 5.74) is 1.71. The largest absolute Gasteiger partial charge is 0.443 e. The predicted molar refractivity (Wildman–Crippen MR) is 98.9 cm³/mol. The summed E-state index contributed by atoms with van der Waals surface area (Å²) in [5.74, 6) is -0.256. The van der Waals surface area contributed by atoms with E-state index < -0.39 is 11.7 Å². The van der Waals surface area contributed by atoms with Crippen LogP contribution in [0.15, 0.2) is 18.2 Å². The van der Waals surface area contributed by atoms with E-state index in [0.717, 1.165) is 37.3 Å². The Kier molecular flexibility index (Phi) is 6.19. The van der Waals surface area contributed by atoms with Gasteiger partial charge in [0.05, 0.1) is 12.2 Å². The van der Waals surface area contributed by atoms with E-state index in [-0.39, 0.29) is 12.5 Å². The quantitative estimate of drug-likeness (QED) is 0.910. The first-order valence-corrected chi connectivity index (χ1v) is 8.74. The van der Waals surface area contributed by atoms with Gasteiger partial charge in [-0.3, -0.25) is 9.69 Å². The fourth-order valence-corrected chi connectivity index (χ4v) is 2.92. The molecule has 1 aromatic carbocycles. The summed E-state index contributed by atoms with van der Waals surface area (Å²) in [6.07, 6.45) is -0.620. The Hall–Kier alpha value is -1.92. The van der Waals surface area contributed by atoms with Gasteiger partial charge in [-0.25, -0.2) is 9.69 Å². The summed E-state index contributed by atoms with van der Waals surface area (Å²) in [5, 5.41) is 3.26. The predicted octanol–water partition coefficient (Wildman–Crippen LogP) is 2.48. The fraction of sp³-hybridized carbons (Fsp3) is 0.579. The van der Waals surface area contributed by atoms with Crippen molar-refractivity contribution in [2.24, 2.45) is 0 Å². The van der Waals surface area contributed by atoms with E-state index in [1.54, 1.807) is 20.8 Å². The summed E-state index contributed by atoms with van der Waals surface area (Å²) >= 11 is 0. The lowest BCUT2D eigenvalue weighted by atomic mass is 10.1. The molecule has 0 spiro atoms. The number of benzene rings is 1. The van der Waals surface area contributed by atoms with Crippen LogP contribution in [0.3, 0.4) is 0 Å². The highest BCUT2D eigenvalue weighted by Gasteiger charge is 2.31. The summed E-state index contributed by atoms with van der Waals surface area (Å²) < 4.78 is 5.51. The lowest BCUT2D eigenvalue weighted by molar-refractivity contribution is -0.119. The number of carbonyl (C=O) groups is 2. The third-order valence-electron chi connectivity index (χ3n) is 4.06. The van der Waals surface area contributed by atoms with Crippen LogP contribution in [0, 0.1) is 13.8 Å². The van der Waals surface area contributed by atoms with Crippen LogP contribution in [0.4, 0.5) is 10.5 Å². The summed E-state index contributed by atoms with van der Waals surface area (Å²) in [7, 11) is 0. The molecular formula is C19H29N3O3. The van der Waals surface area contributed by atoms with Gasteiger partial charge in [-0.05, 0) is 45.7 Å². The van der Waals surface area contributed by atoms with Crippen LogP contribution in [0.25, 0.3) is 0 Å². The molecule has 2 rings (SSSR count). The molecule has 1 saturated heterocycles. The molecule has 6 heteroatoms. The Balaban J connectivity index is 2.31. The molecule has 0 aromatic heterocycles. The van der Waals surface area contributed by atoms with Gasteiger partial charge in [0, 0.05) is 26.2 Å². The van der Waals surface area contributed by atoms with Gasteiger partial charge in [0.15, 0.2) is 0 Å². The van der Waals surface area contributed by atoms with Crippen molar-refractivity contribution < 1.29 is 14.3 Å². The van der Waals surface area contributed by atoms with Crippen LogP contribution in [-0.4, -0.2) is 55.2 Å². The van der Waals surface area contributed by atoms with E-state index in [2.05, 4.69) is 10.2 Å². The van der Waals surface area contributed by atoms with Gasteiger partial charge in [-0.1, -0.05) is 18.2 Å². The van der Waals surface area contributed by atoms with Crippen LogP contribution in [0.1, 0.15) is 31.9 Å². The van der Waals surface area contributed by atoms with Gasteiger partial charge in [-0.2, -0.15) is 0 Å². The molecule has 0 saturated carbocycles. The highest BCUT2D eigenvalue weighted by atomic mass is 16.6. The standard InChI is InChI=1S/C19H29N3O3/c1-14-7-6-8-15(2)17(14)22(18(24)25-19(3,4)5)16(23)13-21-11-9-20-10-12-21/h6-8,20H,9-13H2,1-5H3. The molecule has 1 heterocycles. The molecule has 1 fully saturated rings. The lowest BCUT2D eigenvalue weighted by Crippen LogP contribution is -2.50. The second-order valence-corrected chi connectivity index (χ2v) is 7.48. The van der Waals surface area contributed by atoms with Crippen molar-refractivity contribution in [3.63, 3.8) is 0 Å². The Labute approximate surface area is 150 Å². The first kappa shape index (κ1) is 19.4. The van der Waals surface area contributed by atoms with Gasteiger partial charge < -0.3 is 10.1 Å². The van der Waals surface area contributed by atoms with Crippen LogP contribution >= 0.6 is 0 Å². The van der Waals surface area contributed by atoms with Gasteiger partial charge in [0.25, 0.3) is 5.91 Å². The van der Waals surface area contributed by atoms with Gasteiger partial charge in [-0.15, -0.1) is 0 Å². The third kappa shape index (κ3) is 5.28. The number of para-hydroxylation sites is 1. The minimum Gasteiger partial charge on any atom is -0.443 e. The monoisotopic (exact) mass is 347 g/mol. The number of hydrogen-bond acceptors (Lipinski definition) is 5. The van der Waals surface area contributed by atoms with Crippen LogP contribution < -0.4 is 10.2 Å². The van der Waals surface area contributed by atoms with Crippen molar-refractivity contribution in [3.8, 4) is 0 Å². The van der Waals surface area contributed by atoms with Crippen LogP contribution in [0.5, 0.6) is 0 Å². The Morgan fingerprint density at radius 2 is 1.72 bits per heavy atom. The molecule has 25 heavy (non-hydrogen) atoms. The van der Waals surface area contributed by atoms with E-state index in [4.69, 9.17) is 4.74 Å². The molecule has 1 aliphatic heterocycles. The number of hydrogen-bond donors (Lipinski definition) is 1. The van der Waals surface area contributed by atoms with Crippen molar-refractivity contribution in [1.82, 2.24) is 10.2 Å². The van der Waals surface area contributed by atoms with Gasteiger partial charge >= 0.3 is 6.09 Å². The molecule has 1 aliphatic rings. The topological polar surface area (TPSA) is 61.9 Å². The molecule has 0 bridgehead atoms. The van der Waals surface area contributed by atoms with Gasteiger partial charge in [0.1, 0.15) is 5.60 Å². The number of nitrogens with zero attached hydrogens (tertiary/aromatic N) is 2. The van der Waals surface area contributed by atoms with E-state index >= 15 is 0 Å². The lowest BCUT2D eigenvalue weighted by Gasteiger charge is -2.31. The van der Waals surface area contributed by atoms with Crippen LogP contribution in [0.2, 0.25) is 0 Å². The number of aryl methyl sites for hydroxylation is 2. The molecule has 0 atom stereocenters. The molecule has 1 aromatic rings. The number of anilines is 1. The van der Waals surface area contributed by atoms with E-state index in [1.807, 2.05) is 32.0 Å². The number of imide groups is 1. The second-order valence-electron chi connectivity index (χ2n) is 7.48. The number of piperazine rings is 1. The normalized spacial score (nSPS) is 15.7. The highest BCUT2D eigenvalue weighted by Crippen LogP contribution is 2.27. The first-order chi connectivity index (χ1) is 11.7. The average Bonchev–Trinajstić information content (AvgIpc) is 2.50. The SMILES string of the molecule is Cc1cccc(C)c1N(C(=O)CN1CCNCC1)C(=O)OC(C)(C)C. The minimum atomic E-state index is -0.665. The van der Waals surface area contributed by atoms with E-state index in [0.29, 0.717) is 5.69 Å². The second kappa shape index (κ2) is 7.97. The van der Waals surface area contributed by atoms with Gasteiger partial charge in [0.2, 0.25) is 0 Å². The number of nitrogens with one attached hydrogen (secondary N) is 1. The average molecular weight is 347 g/mol. The van der Waals surface area contributed by atoms with Crippen molar-refractivity contribution >= 4 is 17.7 Å². The number of rotatable bonds is 3. The molecule has 138 valence electrons. The Morgan fingerprint density at radius 1 is 1.16 bits per heavy atom. The molecule has 0 radical (unpaired) electrons. The fourth-order valence-electron chi connectivity index (χ4n) is 2.92. The number of amides is 2. The van der Waals surface area contributed by atoms with Crippen molar-refractivity contribution in [1.29, 1.82) is 0 Å². The summed E-state index contributed by atoms with van der Waals surface area (Å²) in [6, 6.07) is 5.72. The Bertz CT molecular complexity index is 611. The van der Waals surface area contributed by atoms with Crippen LogP contribution in [-0.2, 0) is 9.53 Å². The first-order valence-electron chi connectivity index (χ1n) is 8.74. The number of ether oxygens (including phenoxy) is 1. The highest BCUT2D eigenvalue weighted by molar-refractivity contribution is 6.14.